The van der Waals surface area contributed by atoms with Crippen LogP contribution in [0.4, 0.5) is 5.00 Å². The van der Waals surface area contributed by atoms with Gasteiger partial charge in [0.1, 0.15) is 5.56 Å². The number of rotatable bonds is 2. The van der Waals surface area contributed by atoms with Gasteiger partial charge in [-0.1, -0.05) is 17.3 Å². The standard InChI is InChI=1S/C8H7NO3S/c1-2-3-6-4-7(5-10)13-8(6)9(11)12/h4,10H,5H2,1H3. The number of nitro groups is 1. The van der Waals surface area contributed by atoms with Gasteiger partial charge in [-0.3, -0.25) is 10.1 Å². The molecule has 1 aromatic rings. The second-order valence-electron chi connectivity index (χ2n) is 2.22. The van der Waals surface area contributed by atoms with Crippen LogP contribution in [0.1, 0.15) is 17.4 Å². The summed E-state index contributed by atoms with van der Waals surface area (Å²) in [4.78, 5) is 10.6. The minimum atomic E-state index is -0.483. The maximum atomic E-state index is 10.5. The average Bonchev–Trinajstić information content (AvgIpc) is 2.48. The zero-order valence-corrected chi connectivity index (χ0v) is 7.72. The molecule has 0 aliphatic heterocycles. The second kappa shape index (κ2) is 4.03. The molecule has 1 rings (SSSR count). The Kier molecular flexibility index (Phi) is 3.01. The molecule has 0 radical (unpaired) electrons. The van der Waals surface area contributed by atoms with Crippen molar-refractivity contribution < 1.29 is 10.0 Å². The second-order valence-corrected chi connectivity index (χ2v) is 3.34. The van der Waals surface area contributed by atoms with Crippen LogP contribution in [0.15, 0.2) is 6.07 Å². The van der Waals surface area contributed by atoms with Crippen LogP contribution in [0.2, 0.25) is 0 Å². The molecular formula is C8H7NO3S. The number of hydrogen-bond acceptors (Lipinski definition) is 4. The van der Waals surface area contributed by atoms with Crippen LogP contribution in [0, 0.1) is 22.0 Å². The predicted octanol–water partition coefficient (Wildman–Crippen LogP) is 1.52. The van der Waals surface area contributed by atoms with Crippen molar-refractivity contribution in [3.63, 3.8) is 0 Å². The van der Waals surface area contributed by atoms with Gasteiger partial charge in [-0.25, -0.2) is 0 Å². The van der Waals surface area contributed by atoms with E-state index < -0.39 is 4.92 Å². The van der Waals surface area contributed by atoms with Crippen molar-refractivity contribution in [1.29, 1.82) is 0 Å². The molecule has 0 aromatic carbocycles. The van der Waals surface area contributed by atoms with Gasteiger partial charge in [0.25, 0.3) is 0 Å². The van der Waals surface area contributed by atoms with E-state index in [1.807, 2.05) is 0 Å². The van der Waals surface area contributed by atoms with Crippen LogP contribution in [0.5, 0.6) is 0 Å². The molecule has 13 heavy (non-hydrogen) atoms. The van der Waals surface area contributed by atoms with Crippen molar-refractivity contribution in [2.45, 2.75) is 13.5 Å². The molecule has 0 amide bonds. The Bertz CT molecular complexity index is 386. The lowest BCUT2D eigenvalue weighted by Crippen LogP contribution is -1.85. The molecule has 0 saturated carbocycles. The summed E-state index contributed by atoms with van der Waals surface area (Å²) in [6.07, 6.45) is 0. The molecule has 0 fully saturated rings. The van der Waals surface area contributed by atoms with E-state index in [0.29, 0.717) is 10.4 Å². The molecule has 4 nitrogen and oxygen atoms in total. The maximum Gasteiger partial charge on any atom is 0.339 e. The Labute approximate surface area is 79.0 Å². The summed E-state index contributed by atoms with van der Waals surface area (Å²) >= 11 is 0.956. The molecule has 0 bridgehead atoms. The third-order valence-electron chi connectivity index (χ3n) is 1.34. The normalized spacial score (nSPS) is 9.08. The third-order valence-corrected chi connectivity index (χ3v) is 2.42. The van der Waals surface area contributed by atoms with Crippen LogP contribution < -0.4 is 0 Å². The number of hydrogen-bond donors (Lipinski definition) is 1. The fourth-order valence-corrected chi connectivity index (χ4v) is 1.65. The molecular weight excluding hydrogens is 190 g/mol. The van der Waals surface area contributed by atoms with E-state index >= 15 is 0 Å². The SMILES string of the molecule is CC#Cc1cc(CO)sc1[N+](=O)[O-]. The zero-order valence-electron chi connectivity index (χ0n) is 6.90. The lowest BCUT2D eigenvalue weighted by atomic mass is 10.3. The van der Waals surface area contributed by atoms with Crippen LogP contribution in [0.3, 0.4) is 0 Å². The fraction of sp³-hybridized carbons (Fsp3) is 0.250. The van der Waals surface area contributed by atoms with Gasteiger partial charge in [-0.15, -0.1) is 5.92 Å². The highest BCUT2D eigenvalue weighted by Crippen LogP contribution is 2.29. The van der Waals surface area contributed by atoms with E-state index in [1.165, 1.54) is 0 Å². The van der Waals surface area contributed by atoms with Gasteiger partial charge < -0.3 is 5.11 Å². The number of aliphatic hydroxyl groups excluding tert-OH is 1. The molecule has 0 spiro atoms. The molecule has 0 aliphatic rings. The first-order valence-corrected chi connectivity index (χ1v) is 4.31. The molecule has 0 aliphatic carbocycles. The van der Waals surface area contributed by atoms with Crippen LogP contribution >= 0.6 is 11.3 Å². The molecule has 1 aromatic heterocycles. The van der Waals surface area contributed by atoms with Crippen LogP contribution in [-0.4, -0.2) is 10.0 Å². The van der Waals surface area contributed by atoms with Crippen molar-refractivity contribution in [2.24, 2.45) is 0 Å². The fourth-order valence-electron chi connectivity index (χ4n) is 0.869. The summed E-state index contributed by atoms with van der Waals surface area (Å²) in [7, 11) is 0. The highest BCUT2D eigenvalue weighted by atomic mass is 32.1. The molecule has 0 unspecified atom stereocenters. The summed E-state index contributed by atoms with van der Waals surface area (Å²) < 4.78 is 0. The Morgan fingerprint density at radius 2 is 2.46 bits per heavy atom. The molecule has 68 valence electrons. The van der Waals surface area contributed by atoms with Crippen molar-refractivity contribution >= 4 is 16.3 Å². The minimum Gasteiger partial charge on any atom is -0.391 e. The van der Waals surface area contributed by atoms with Gasteiger partial charge in [0.15, 0.2) is 0 Å². The van der Waals surface area contributed by atoms with Gasteiger partial charge in [-0.2, -0.15) is 0 Å². The summed E-state index contributed by atoms with van der Waals surface area (Å²) in [5, 5.41) is 19.3. The largest absolute Gasteiger partial charge is 0.391 e. The monoisotopic (exact) mass is 197 g/mol. The van der Waals surface area contributed by atoms with Gasteiger partial charge in [0, 0.05) is 4.88 Å². The predicted molar refractivity (Wildman–Crippen MR) is 49.4 cm³/mol. The quantitative estimate of drug-likeness (QED) is 0.444. The smallest absolute Gasteiger partial charge is 0.339 e. The highest BCUT2D eigenvalue weighted by Gasteiger charge is 2.16. The molecule has 1 heterocycles. The first-order chi connectivity index (χ1) is 6.19. The van der Waals surface area contributed by atoms with Crippen molar-refractivity contribution in [3.05, 3.63) is 26.6 Å². The van der Waals surface area contributed by atoms with E-state index in [4.69, 9.17) is 5.11 Å². The van der Waals surface area contributed by atoms with E-state index in [0.717, 1.165) is 11.3 Å². The number of aliphatic hydroxyl groups is 1. The Morgan fingerprint density at radius 1 is 1.77 bits per heavy atom. The van der Waals surface area contributed by atoms with Gasteiger partial charge >= 0.3 is 5.00 Å². The highest BCUT2D eigenvalue weighted by molar-refractivity contribution is 7.15. The minimum absolute atomic E-state index is 0.00148. The third kappa shape index (κ3) is 2.05. The van der Waals surface area contributed by atoms with Gasteiger partial charge in [0.05, 0.1) is 11.5 Å². The van der Waals surface area contributed by atoms with E-state index in [9.17, 15) is 10.1 Å². The van der Waals surface area contributed by atoms with E-state index in [-0.39, 0.29) is 11.6 Å². The van der Waals surface area contributed by atoms with Crippen molar-refractivity contribution in [1.82, 2.24) is 0 Å². The number of thiophene rings is 1. The van der Waals surface area contributed by atoms with Crippen molar-refractivity contribution in [2.75, 3.05) is 0 Å². The van der Waals surface area contributed by atoms with Gasteiger partial charge in [-0.05, 0) is 13.0 Å². The average molecular weight is 197 g/mol. The first-order valence-electron chi connectivity index (χ1n) is 3.49. The topological polar surface area (TPSA) is 63.4 Å². The molecule has 1 N–H and O–H groups in total. The first kappa shape index (κ1) is 9.71. The summed E-state index contributed by atoms with van der Waals surface area (Å²) in [6.45, 7) is 1.43. The number of nitrogens with zero attached hydrogens (tertiary/aromatic N) is 1. The Balaban J connectivity index is 3.20. The lowest BCUT2D eigenvalue weighted by Gasteiger charge is -1.83. The van der Waals surface area contributed by atoms with Crippen LogP contribution in [0.25, 0.3) is 0 Å². The molecule has 5 heteroatoms. The lowest BCUT2D eigenvalue weighted by molar-refractivity contribution is -0.380. The van der Waals surface area contributed by atoms with Gasteiger partial charge in [0.2, 0.25) is 0 Å². The Hall–Kier alpha value is -1.38. The maximum absolute atomic E-state index is 10.5. The zero-order chi connectivity index (χ0) is 9.84. The summed E-state index contributed by atoms with van der Waals surface area (Å²) in [5.41, 5.74) is 0.376. The molecule has 0 atom stereocenters. The van der Waals surface area contributed by atoms with E-state index in [2.05, 4.69) is 11.8 Å². The van der Waals surface area contributed by atoms with Crippen LogP contribution in [-0.2, 0) is 6.61 Å². The summed E-state index contributed by atoms with van der Waals surface area (Å²) in [6, 6.07) is 1.54. The molecule has 0 saturated heterocycles. The summed E-state index contributed by atoms with van der Waals surface area (Å²) in [5.74, 6) is 5.21. The Morgan fingerprint density at radius 3 is 2.92 bits per heavy atom. The van der Waals surface area contributed by atoms with E-state index in [1.54, 1.807) is 13.0 Å². The van der Waals surface area contributed by atoms with Crippen molar-refractivity contribution in [3.8, 4) is 11.8 Å².